The predicted molar refractivity (Wildman–Crippen MR) is 435 cm³/mol. The molecule has 0 rings (SSSR count). The van der Waals surface area contributed by atoms with E-state index >= 15 is 0 Å². The lowest BCUT2D eigenvalue weighted by Gasteiger charge is -2.21. The molecule has 3 N–H and O–H groups in total. The molecule has 0 spiro atoms. The lowest BCUT2D eigenvalue weighted by Crippen LogP contribution is -2.30. The number of aliphatic hydroxyl groups is 1. The summed E-state index contributed by atoms with van der Waals surface area (Å²) >= 11 is 0. The molecule has 0 aliphatic carbocycles. The first-order valence-electron chi connectivity index (χ1n) is 39.0. The summed E-state index contributed by atoms with van der Waals surface area (Å²) in [5.41, 5.74) is 0. The molecular formula is C87H134O17P2. The first-order valence-corrected chi connectivity index (χ1v) is 42.0. The van der Waals surface area contributed by atoms with Crippen LogP contribution in [0.25, 0.3) is 0 Å². The molecule has 5 unspecified atom stereocenters. The largest absolute Gasteiger partial charge is 0.472 e. The topological polar surface area (TPSA) is 237 Å². The third-order valence-electron chi connectivity index (χ3n) is 14.9. The van der Waals surface area contributed by atoms with E-state index in [0.29, 0.717) is 44.9 Å². The van der Waals surface area contributed by atoms with Crippen LogP contribution in [0.5, 0.6) is 0 Å². The summed E-state index contributed by atoms with van der Waals surface area (Å²) in [6.07, 6.45) is 96.9. The van der Waals surface area contributed by atoms with Gasteiger partial charge in [-0.2, -0.15) is 0 Å². The van der Waals surface area contributed by atoms with Gasteiger partial charge in [0.15, 0.2) is 12.2 Å². The molecule has 106 heavy (non-hydrogen) atoms. The number of carbonyl (C=O) groups excluding carboxylic acids is 4. The van der Waals surface area contributed by atoms with Gasteiger partial charge in [-0.15, -0.1) is 0 Å². The Hall–Kier alpha value is -6.62. The standard InChI is InChI=1S/C87H134O17P2/c1-5-9-13-17-21-25-29-32-35-38-40-43-46-49-53-56-60-64-68-72-85(90)98-78-83(104-87(92)74-70-66-62-58-54-50-47-44-41-39-36-33-30-26-22-18-14-10-6-2)80-102-106(95,96)100-76-81(88)75-99-105(93,94)101-79-82(103-86(91)73-69-65-61-57-51-28-24-20-16-12-8-4)77-97-84(89)71-67-63-59-55-52-48-45-42-37-34-31-27-23-19-15-11-7-3/h9-11,13-15,20-27,32-37,40-41,43-45,48-50,53-55,59-60,62,64,66,81-83,88H,5-8,12,16-19,28-31,38-39,42,46-47,51-52,56-58,61,63,65,67-80H2,1-4H3,(H,93,94)(H,95,96)/b13-9-,14-10-,15-11-,24-20-,25-21-,26-22-,27-23-,35-32-,36-33-,37-34-,43-40-,44-41-,48-45-,53-49-,54-50-,59-55-,64-60-,66-62-. The van der Waals surface area contributed by atoms with E-state index in [1.165, 1.54) is 6.42 Å². The molecule has 0 radical (unpaired) electrons. The number of allylic oxidation sites excluding steroid dienone is 36. The quantitative estimate of drug-likeness (QED) is 0.0169. The van der Waals surface area contributed by atoms with Crippen molar-refractivity contribution < 1.29 is 80.2 Å². The highest BCUT2D eigenvalue weighted by molar-refractivity contribution is 7.47. The Morgan fingerprint density at radius 1 is 0.274 bits per heavy atom. The average molecular weight is 1510 g/mol. The summed E-state index contributed by atoms with van der Waals surface area (Å²) in [6, 6.07) is 0. The maximum atomic E-state index is 13.1. The maximum absolute atomic E-state index is 13.1. The van der Waals surface area contributed by atoms with E-state index < -0.39 is 97.5 Å². The van der Waals surface area contributed by atoms with Crippen molar-refractivity contribution >= 4 is 39.5 Å². The molecule has 17 nitrogen and oxygen atoms in total. The molecule has 0 bridgehead atoms. The zero-order valence-corrected chi connectivity index (χ0v) is 66.5. The van der Waals surface area contributed by atoms with Gasteiger partial charge in [0, 0.05) is 25.7 Å². The van der Waals surface area contributed by atoms with Crippen LogP contribution in [0.2, 0.25) is 0 Å². The smallest absolute Gasteiger partial charge is 0.462 e. The number of aliphatic hydroxyl groups excluding tert-OH is 1. The van der Waals surface area contributed by atoms with Crippen LogP contribution in [-0.2, 0) is 65.4 Å². The van der Waals surface area contributed by atoms with Gasteiger partial charge in [0.05, 0.1) is 26.4 Å². The highest BCUT2D eigenvalue weighted by Gasteiger charge is 2.30. The maximum Gasteiger partial charge on any atom is 0.472 e. The number of phosphoric ester groups is 2. The number of hydrogen-bond donors (Lipinski definition) is 3. The van der Waals surface area contributed by atoms with Crippen molar-refractivity contribution in [1.82, 2.24) is 0 Å². The van der Waals surface area contributed by atoms with E-state index in [2.05, 4.69) is 198 Å². The summed E-state index contributed by atoms with van der Waals surface area (Å²) in [4.78, 5) is 72.9. The van der Waals surface area contributed by atoms with Gasteiger partial charge in [-0.25, -0.2) is 9.13 Å². The molecule has 0 aliphatic rings. The van der Waals surface area contributed by atoms with Gasteiger partial charge in [0.1, 0.15) is 19.3 Å². The summed E-state index contributed by atoms with van der Waals surface area (Å²) in [5, 5.41) is 10.6. The van der Waals surface area contributed by atoms with Gasteiger partial charge >= 0.3 is 39.5 Å². The average Bonchev–Trinajstić information content (AvgIpc) is 0.901. The third-order valence-corrected chi connectivity index (χ3v) is 16.8. The van der Waals surface area contributed by atoms with Crippen molar-refractivity contribution in [3.05, 3.63) is 219 Å². The Morgan fingerprint density at radius 3 is 0.868 bits per heavy atom. The Morgan fingerprint density at radius 2 is 0.519 bits per heavy atom. The molecule has 0 amide bonds. The zero-order chi connectivity index (χ0) is 77.4. The monoisotopic (exact) mass is 1510 g/mol. The molecule has 594 valence electrons. The molecule has 0 saturated heterocycles. The normalized spacial score (nSPS) is 15.0. The second-order valence-electron chi connectivity index (χ2n) is 24.8. The molecule has 0 aliphatic heterocycles. The predicted octanol–water partition coefficient (Wildman–Crippen LogP) is 22.9. The SMILES string of the molecule is CC/C=C\C/C=C\C/C=C\C/C=C\C/C=C\C/C=C\CCC(=O)OCC(COP(=O)(O)OCC(O)COP(=O)(O)OCC(COC(=O)CCC/C=C\C/C=C\C/C=C\C/C=C\C/C=C\CC)OC(=O)CCCCCCC/C=C\CCCC)OC(=O)CC/C=C\C/C=C\C/C=C\C/C=C\C/C=C\C/C=C\CC. The minimum atomic E-state index is -5.03. The summed E-state index contributed by atoms with van der Waals surface area (Å²) < 4.78 is 68.3. The van der Waals surface area contributed by atoms with E-state index in [0.717, 1.165) is 141 Å². The van der Waals surface area contributed by atoms with Gasteiger partial charge in [0.2, 0.25) is 0 Å². The lowest BCUT2D eigenvalue weighted by molar-refractivity contribution is -0.161. The third kappa shape index (κ3) is 75.6. The Kier molecular flexibility index (Phi) is 71.8. The van der Waals surface area contributed by atoms with Crippen LogP contribution in [0.3, 0.4) is 0 Å². The Bertz CT molecular complexity index is 2880. The first-order chi connectivity index (χ1) is 51.7. The van der Waals surface area contributed by atoms with Crippen molar-refractivity contribution in [1.29, 1.82) is 0 Å². The number of hydrogen-bond acceptors (Lipinski definition) is 15. The molecule has 0 saturated carbocycles. The Balaban J connectivity index is 5.56. The van der Waals surface area contributed by atoms with Crippen molar-refractivity contribution in [2.75, 3.05) is 39.6 Å². The zero-order valence-electron chi connectivity index (χ0n) is 64.8. The number of unbranched alkanes of at least 4 members (excludes halogenated alkanes) is 8. The molecule has 0 aromatic rings. The fraction of sp³-hybridized carbons (Fsp3) is 0.540. The Labute approximate surface area is 639 Å². The van der Waals surface area contributed by atoms with Crippen LogP contribution in [0, 0.1) is 0 Å². The van der Waals surface area contributed by atoms with Gasteiger partial charge in [0.25, 0.3) is 0 Å². The van der Waals surface area contributed by atoms with E-state index in [1.807, 2.05) is 48.6 Å². The molecule has 0 fully saturated rings. The van der Waals surface area contributed by atoms with Gasteiger partial charge < -0.3 is 33.8 Å². The summed E-state index contributed by atoms with van der Waals surface area (Å²) in [6.45, 7) is 4.19. The van der Waals surface area contributed by atoms with Crippen molar-refractivity contribution in [3.63, 3.8) is 0 Å². The van der Waals surface area contributed by atoms with E-state index in [-0.39, 0.29) is 25.7 Å². The highest BCUT2D eigenvalue weighted by atomic mass is 31.2. The van der Waals surface area contributed by atoms with E-state index in [9.17, 15) is 43.2 Å². The second kappa shape index (κ2) is 76.6. The number of rotatable bonds is 70. The molecular weight excluding hydrogens is 1380 g/mol. The molecule has 5 atom stereocenters. The van der Waals surface area contributed by atoms with Crippen LogP contribution in [0.4, 0.5) is 0 Å². The molecule has 0 aromatic heterocycles. The fourth-order valence-corrected chi connectivity index (χ4v) is 10.7. The number of ether oxygens (including phenoxy) is 4. The fourth-order valence-electron chi connectivity index (χ4n) is 9.11. The van der Waals surface area contributed by atoms with Crippen LogP contribution in [0.15, 0.2) is 219 Å². The van der Waals surface area contributed by atoms with Crippen LogP contribution >= 0.6 is 15.6 Å². The van der Waals surface area contributed by atoms with Crippen molar-refractivity contribution in [2.45, 2.75) is 264 Å². The van der Waals surface area contributed by atoms with Crippen LogP contribution in [-0.4, -0.2) is 96.7 Å². The number of esters is 4. The highest BCUT2D eigenvalue weighted by Crippen LogP contribution is 2.45. The van der Waals surface area contributed by atoms with Gasteiger partial charge in [-0.1, -0.05) is 279 Å². The van der Waals surface area contributed by atoms with Crippen molar-refractivity contribution in [3.8, 4) is 0 Å². The summed E-state index contributed by atoms with van der Waals surface area (Å²) in [5.74, 6) is -2.48. The minimum absolute atomic E-state index is 0.00922. The number of phosphoric acid groups is 2. The lowest BCUT2D eigenvalue weighted by atomic mass is 10.1. The van der Waals surface area contributed by atoms with Gasteiger partial charge in [-0.05, 0) is 161 Å². The molecule has 0 heterocycles. The first kappa shape index (κ1) is 99.4. The summed E-state index contributed by atoms with van der Waals surface area (Å²) in [7, 11) is -10.0. The minimum Gasteiger partial charge on any atom is -0.462 e. The molecule has 19 heteroatoms. The van der Waals surface area contributed by atoms with E-state index in [4.69, 9.17) is 37.0 Å². The number of carbonyl (C=O) groups is 4. The van der Waals surface area contributed by atoms with Crippen LogP contribution < -0.4 is 0 Å². The van der Waals surface area contributed by atoms with Crippen molar-refractivity contribution in [2.24, 2.45) is 0 Å². The molecule has 0 aromatic carbocycles. The van der Waals surface area contributed by atoms with Gasteiger partial charge in [-0.3, -0.25) is 37.3 Å². The van der Waals surface area contributed by atoms with E-state index in [1.54, 1.807) is 0 Å². The second-order valence-corrected chi connectivity index (χ2v) is 27.7. The van der Waals surface area contributed by atoms with Crippen LogP contribution in [0.1, 0.15) is 246 Å².